The molecule has 1 aliphatic rings. The molecule has 0 unspecified atom stereocenters. The van der Waals surface area contributed by atoms with Crippen molar-refractivity contribution in [3.05, 3.63) is 69.1 Å². The van der Waals surface area contributed by atoms with Gasteiger partial charge in [0, 0.05) is 23.9 Å². The minimum absolute atomic E-state index is 0. The van der Waals surface area contributed by atoms with Crippen LogP contribution in [-0.4, -0.2) is 40.2 Å². The van der Waals surface area contributed by atoms with Crippen molar-refractivity contribution >= 4 is 40.1 Å². The minimum Gasteiger partial charge on any atom is -0.481 e. The second-order valence-corrected chi connectivity index (χ2v) is 7.68. The maximum Gasteiger partial charge on any atom is 0.307 e. The summed E-state index contributed by atoms with van der Waals surface area (Å²) in [6.45, 7) is 2.65. The summed E-state index contributed by atoms with van der Waals surface area (Å²) in [6.07, 6.45) is 2.32. The number of likely N-dealkylation sites (tertiary alicyclic amines) is 1. The van der Waals surface area contributed by atoms with Crippen molar-refractivity contribution in [3.63, 3.8) is 0 Å². The number of carboxylic acid groups (broad SMARTS) is 1. The van der Waals surface area contributed by atoms with Gasteiger partial charge in [-0.15, -0.1) is 12.4 Å². The van der Waals surface area contributed by atoms with E-state index >= 15 is 0 Å². The standard InChI is InChI=1S/C23H24N2O4.ClH/c26-21-17-8-1-2-9-18(17)22(27)25(20-11-4-3-10-19(20)21)14-6-13-24-12-5-7-16(15-24)23(28)29;/h1-4,8-11,16H,5-7,12-15H2,(H,28,29);1H/t16-;/m1./s1. The molecule has 0 bridgehead atoms. The molecule has 0 saturated carbocycles. The van der Waals surface area contributed by atoms with Crippen molar-refractivity contribution in [1.82, 2.24) is 9.47 Å². The molecule has 0 spiro atoms. The molecule has 3 aromatic rings. The number of carboxylic acids is 1. The van der Waals surface area contributed by atoms with Crippen molar-refractivity contribution in [2.45, 2.75) is 25.8 Å². The zero-order chi connectivity index (χ0) is 20.4. The van der Waals surface area contributed by atoms with E-state index in [1.165, 1.54) is 0 Å². The topological polar surface area (TPSA) is 79.6 Å². The molecule has 1 aliphatic heterocycles. The summed E-state index contributed by atoms with van der Waals surface area (Å²) in [4.78, 5) is 39.7. The molecule has 30 heavy (non-hydrogen) atoms. The first-order chi connectivity index (χ1) is 14.1. The Morgan fingerprint density at radius 1 is 0.967 bits per heavy atom. The van der Waals surface area contributed by atoms with E-state index in [4.69, 9.17) is 0 Å². The number of piperidine rings is 1. The van der Waals surface area contributed by atoms with Crippen molar-refractivity contribution < 1.29 is 9.90 Å². The smallest absolute Gasteiger partial charge is 0.307 e. The highest BCUT2D eigenvalue weighted by Crippen LogP contribution is 2.17. The van der Waals surface area contributed by atoms with Crippen LogP contribution in [-0.2, 0) is 11.3 Å². The Kier molecular flexibility index (Phi) is 6.90. The lowest BCUT2D eigenvalue weighted by atomic mass is 9.98. The largest absolute Gasteiger partial charge is 0.481 e. The van der Waals surface area contributed by atoms with Gasteiger partial charge in [-0.05, 0) is 50.6 Å². The fraction of sp³-hybridized carbons (Fsp3) is 0.348. The fourth-order valence-corrected chi connectivity index (χ4v) is 4.30. The van der Waals surface area contributed by atoms with E-state index in [-0.39, 0.29) is 29.3 Å². The third kappa shape index (κ3) is 4.25. The van der Waals surface area contributed by atoms with Gasteiger partial charge < -0.3 is 14.6 Å². The monoisotopic (exact) mass is 428 g/mol. The molecule has 0 aliphatic carbocycles. The van der Waals surface area contributed by atoms with E-state index in [0.29, 0.717) is 41.2 Å². The van der Waals surface area contributed by atoms with E-state index in [9.17, 15) is 19.5 Å². The molecule has 6 nitrogen and oxygen atoms in total. The summed E-state index contributed by atoms with van der Waals surface area (Å²) in [6, 6.07) is 14.2. The average molecular weight is 429 g/mol. The van der Waals surface area contributed by atoms with Crippen LogP contribution >= 0.6 is 12.4 Å². The molecular weight excluding hydrogens is 404 g/mol. The number of aryl methyl sites for hydroxylation is 1. The molecule has 158 valence electrons. The molecule has 1 saturated heterocycles. The van der Waals surface area contributed by atoms with Crippen LogP contribution in [0.1, 0.15) is 19.3 Å². The normalized spacial score (nSPS) is 17.0. The fourth-order valence-electron chi connectivity index (χ4n) is 4.30. The Labute approximate surface area is 180 Å². The van der Waals surface area contributed by atoms with Gasteiger partial charge in [-0.1, -0.05) is 30.3 Å². The third-order valence-electron chi connectivity index (χ3n) is 5.80. The van der Waals surface area contributed by atoms with Gasteiger partial charge in [-0.3, -0.25) is 14.4 Å². The summed E-state index contributed by atoms with van der Waals surface area (Å²) >= 11 is 0. The number of para-hydroxylation sites is 1. The first-order valence-electron chi connectivity index (χ1n) is 10.1. The Morgan fingerprint density at radius 3 is 2.37 bits per heavy atom. The summed E-state index contributed by atoms with van der Waals surface area (Å²) in [7, 11) is 0. The van der Waals surface area contributed by atoms with E-state index < -0.39 is 5.97 Å². The molecule has 4 rings (SSSR count). The number of fused-ring (bicyclic) bond motifs is 2. The molecule has 1 N–H and O–H groups in total. The maximum absolute atomic E-state index is 13.3. The molecule has 7 heteroatoms. The van der Waals surface area contributed by atoms with Gasteiger partial charge in [0.25, 0.3) is 5.56 Å². The summed E-state index contributed by atoms with van der Waals surface area (Å²) in [5, 5.41) is 10.7. The Hall–Kier alpha value is -2.70. The highest BCUT2D eigenvalue weighted by Gasteiger charge is 2.24. The van der Waals surface area contributed by atoms with Gasteiger partial charge in [0.05, 0.1) is 16.8 Å². The summed E-state index contributed by atoms with van der Waals surface area (Å²) < 4.78 is 1.69. The zero-order valence-electron chi connectivity index (χ0n) is 16.6. The number of nitrogens with zero attached hydrogens (tertiary/aromatic N) is 2. The SMILES string of the molecule is Cl.O=C(O)[C@@H]1CCCN(CCCn2c(=O)c3ccccc3c(=O)c3ccccc32)C1. The lowest BCUT2D eigenvalue weighted by molar-refractivity contribution is -0.143. The van der Waals surface area contributed by atoms with Crippen LogP contribution < -0.4 is 11.0 Å². The van der Waals surface area contributed by atoms with Crippen LogP contribution in [0.25, 0.3) is 21.7 Å². The van der Waals surface area contributed by atoms with Crippen molar-refractivity contribution in [2.24, 2.45) is 5.92 Å². The molecule has 2 aromatic carbocycles. The van der Waals surface area contributed by atoms with Crippen molar-refractivity contribution in [1.29, 1.82) is 0 Å². The molecule has 0 radical (unpaired) electrons. The first kappa shape index (κ1) is 22.0. The number of benzene rings is 2. The van der Waals surface area contributed by atoms with Gasteiger partial charge in [0.1, 0.15) is 0 Å². The number of carbonyl (C=O) groups is 1. The van der Waals surface area contributed by atoms with Crippen molar-refractivity contribution in [2.75, 3.05) is 19.6 Å². The van der Waals surface area contributed by atoms with Crippen molar-refractivity contribution in [3.8, 4) is 0 Å². The lowest BCUT2D eigenvalue weighted by Crippen LogP contribution is -2.39. The zero-order valence-corrected chi connectivity index (χ0v) is 17.4. The van der Waals surface area contributed by atoms with E-state index in [1.54, 1.807) is 34.9 Å². The number of aliphatic carboxylic acids is 1. The number of rotatable bonds is 5. The lowest BCUT2D eigenvalue weighted by Gasteiger charge is -2.30. The molecule has 1 aromatic heterocycles. The Morgan fingerprint density at radius 2 is 1.63 bits per heavy atom. The summed E-state index contributed by atoms with van der Waals surface area (Å²) in [5.41, 5.74) is 0.342. The van der Waals surface area contributed by atoms with Gasteiger partial charge in [-0.2, -0.15) is 0 Å². The quantitative estimate of drug-likeness (QED) is 0.675. The van der Waals surface area contributed by atoms with E-state index in [0.717, 1.165) is 25.9 Å². The second kappa shape index (κ2) is 9.41. The molecule has 1 atom stereocenters. The Balaban J connectivity index is 0.00000256. The number of hydrogen-bond acceptors (Lipinski definition) is 4. The molecule has 2 heterocycles. The predicted octanol–water partition coefficient (Wildman–Crippen LogP) is 3.12. The van der Waals surface area contributed by atoms with Gasteiger partial charge in [0.2, 0.25) is 0 Å². The minimum atomic E-state index is -0.735. The highest BCUT2D eigenvalue weighted by atomic mass is 35.5. The van der Waals surface area contributed by atoms with Crippen LogP contribution in [0.15, 0.2) is 58.1 Å². The van der Waals surface area contributed by atoms with Crippen LogP contribution in [0.3, 0.4) is 0 Å². The van der Waals surface area contributed by atoms with Gasteiger partial charge >= 0.3 is 5.97 Å². The van der Waals surface area contributed by atoms with Crippen LogP contribution in [0.4, 0.5) is 0 Å². The number of aromatic nitrogens is 1. The van der Waals surface area contributed by atoms with Gasteiger partial charge in [0.15, 0.2) is 5.43 Å². The first-order valence-corrected chi connectivity index (χ1v) is 10.1. The number of halogens is 1. The molecule has 1 fully saturated rings. The average Bonchev–Trinajstić information content (AvgIpc) is 2.84. The maximum atomic E-state index is 13.3. The molecular formula is C23H25ClN2O4. The van der Waals surface area contributed by atoms with Crippen LogP contribution in [0.2, 0.25) is 0 Å². The Bertz CT molecular complexity index is 1190. The predicted molar refractivity (Wildman–Crippen MR) is 121 cm³/mol. The van der Waals surface area contributed by atoms with Gasteiger partial charge in [-0.25, -0.2) is 0 Å². The van der Waals surface area contributed by atoms with Crippen LogP contribution in [0.5, 0.6) is 0 Å². The highest BCUT2D eigenvalue weighted by molar-refractivity contribution is 5.90. The number of hydrogen-bond donors (Lipinski definition) is 1. The van der Waals surface area contributed by atoms with E-state index in [2.05, 4.69) is 4.90 Å². The van der Waals surface area contributed by atoms with Crippen LogP contribution in [0, 0.1) is 5.92 Å². The van der Waals surface area contributed by atoms with E-state index in [1.807, 2.05) is 18.2 Å². The molecule has 0 amide bonds. The third-order valence-corrected chi connectivity index (χ3v) is 5.80. The second-order valence-electron chi connectivity index (χ2n) is 7.68. The summed E-state index contributed by atoms with van der Waals surface area (Å²) in [5.74, 6) is -1.05.